The number of unbranched alkanes of at least 4 members (excludes halogenated alkanes) is 4. The van der Waals surface area contributed by atoms with E-state index in [4.69, 9.17) is 19.3 Å². The van der Waals surface area contributed by atoms with Gasteiger partial charge in [0.15, 0.2) is 5.79 Å². The minimum absolute atomic E-state index is 0.146. The van der Waals surface area contributed by atoms with Crippen molar-refractivity contribution in [3.63, 3.8) is 0 Å². The van der Waals surface area contributed by atoms with Gasteiger partial charge in [-0.1, -0.05) is 63.8 Å². The summed E-state index contributed by atoms with van der Waals surface area (Å²) in [6.45, 7) is 4.54. The molecule has 1 fully saturated rings. The van der Waals surface area contributed by atoms with Crippen molar-refractivity contribution in [2.24, 2.45) is 0 Å². The van der Waals surface area contributed by atoms with E-state index in [1.165, 1.54) is 0 Å². The lowest BCUT2D eigenvalue weighted by molar-refractivity contribution is -0.190. The molecule has 2 aromatic carbocycles. The van der Waals surface area contributed by atoms with Gasteiger partial charge in [0.05, 0.1) is 12.2 Å². The number of rotatable bonds is 16. The number of ether oxygens (including phenoxy) is 3. The molecule has 0 bridgehead atoms. The number of fused-ring (bicyclic) bond motifs is 1. The Morgan fingerprint density at radius 3 is 2.38 bits per heavy atom. The molecule has 45 heavy (non-hydrogen) atoms. The van der Waals surface area contributed by atoms with Crippen LogP contribution in [0.3, 0.4) is 0 Å². The first-order valence-corrected chi connectivity index (χ1v) is 17.1. The van der Waals surface area contributed by atoms with Gasteiger partial charge in [0.2, 0.25) is 5.91 Å². The van der Waals surface area contributed by atoms with Crippen molar-refractivity contribution in [1.29, 1.82) is 0 Å². The Balaban J connectivity index is 1.54. The van der Waals surface area contributed by atoms with E-state index in [2.05, 4.69) is 47.1 Å². The summed E-state index contributed by atoms with van der Waals surface area (Å²) in [4.78, 5) is 39.2. The van der Waals surface area contributed by atoms with Gasteiger partial charge >= 0.3 is 5.97 Å². The number of benzene rings is 2. The molecule has 3 N–H and O–H groups in total. The number of carbonyl (C=O) groups is 3. The van der Waals surface area contributed by atoms with Crippen molar-refractivity contribution in [1.82, 2.24) is 10.6 Å². The Hall–Kier alpha value is -2.80. The highest BCUT2D eigenvalue weighted by Crippen LogP contribution is 2.43. The highest BCUT2D eigenvalue weighted by molar-refractivity contribution is 14.1. The topological polar surface area (TPSA) is 123 Å². The van der Waals surface area contributed by atoms with Gasteiger partial charge in [0.1, 0.15) is 18.3 Å². The Bertz CT molecular complexity index is 1340. The SMILES string of the molecule is CCCCCC1(CCCCC)OC2C=C(C(=O)NCc3cccc(C(=O)NCCO)c3)CC(OC(=O)c3ccccc3I)C2O1. The second kappa shape index (κ2) is 17.2. The zero-order chi connectivity index (χ0) is 32.2. The van der Waals surface area contributed by atoms with Crippen LogP contribution in [0.1, 0.15) is 97.9 Å². The van der Waals surface area contributed by atoms with Crippen LogP contribution in [0.5, 0.6) is 0 Å². The third-order valence-electron chi connectivity index (χ3n) is 8.18. The lowest BCUT2D eigenvalue weighted by Crippen LogP contribution is -2.43. The second-order valence-corrected chi connectivity index (χ2v) is 12.8. The van der Waals surface area contributed by atoms with Gasteiger partial charge in [0, 0.05) is 47.1 Å². The van der Waals surface area contributed by atoms with Crippen LogP contribution in [0.4, 0.5) is 0 Å². The Morgan fingerprint density at radius 2 is 1.69 bits per heavy atom. The van der Waals surface area contributed by atoms with Crippen molar-refractivity contribution in [3.05, 3.63) is 80.4 Å². The number of aliphatic hydroxyl groups excluding tert-OH is 1. The van der Waals surface area contributed by atoms with Crippen molar-refractivity contribution in [3.8, 4) is 0 Å². The predicted molar refractivity (Wildman–Crippen MR) is 180 cm³/mol. The van der Waals surface area contributed by atoms with E-state index >= 15 is 0 Å². The molecule has 1 aliphatic heterocycles. The molecule has 0 aromatic heterocycles. The minimum Gasteiger partial charge on any atom is -0.455 e. The average molecular weight is 733 g/mol. The van der Waals surface area contributed by atoms with Crippen LogP contribution >= 0.6 is 22.6 Å². The van der Waals surface area contributed by atoms with E-state index in [1.54, 1.807) is 30.3 Å². The maximum atomic E-state index is 13.5. The van der Waals surface area contributed by atoms with Crippen molar-refractivity contribution < 1.29 is 33.7 Å². The van der Waals surface area contributed by atoms with E-state index in [0.717, 1.165) is 60.5 Å². The lowest BCUT2D eigenvalue weighted by Gasteiger charge is -2.31. The Labute approximate surface area is 279 Å². The molecular formula is C35H45IN2O7. The standard InChI is InChI=1S/C35H45IN2O7/c1-3-5-9-16-35(17-10-6-4-2)44-30-22-26(21-29(31(30)45-35)43-34(42)27-14-7-8-15-28(27)36)33(41)38-23-24-12-11-13-25(20-24)32(40)37-18-19-39/h7-8,11-15,20,22,29-31,39H,3-6,9-10,16-19,21,23H2,1-2H3,(H,37,40)(H,38,41). The van der Waals surface area contributed by atoms with Crippen LogP contribution in [0.2, 0.25) is 0 Å². The molecule has 2 amide bonds. The van der Waals surface area contributed by atoms with Gasteiger partial charge in [-0.05, 0) is 71.3 Å². The molecule has 1 heterocycles. The summed E-state index contributed by atoms with van der Waals surface area (Å²) in [5, 5.41) is 14.6. The number of amides is 2. The molecule has 3 atom stereocenters. The van der Waals surface area contributed by atoms with Gasteiger partial charge in [0.25, 0.3) is 5.91 Å². The maximum absolute atomic E-state index is 13.5. The number of esters is 1. The fourth-order valence-electron chi connectivity index (χ4n) is 5.82. The first-order valence-electron chi connectivity index (χ1n) is 16.1. The third kappa shape index (κ3) is 9.60. The fraction of sp³-hybridized carbons (Fsp3) is 0.514. The van der Waals surface area contributed by atoms with Crippen LogP contribution in [0.15, 0.2) is 60.2 Å². The first-order chi connectivity index (χ1) is 21.8. The average Bonchev–Trinajstić information content (AvgIpc) is 3.41. The van der Waals surface area contributed by atoms with Crippen molar-refractivity contribution >= 4 is 40.4 Å². The van der Waals surface area contributed by atoms with Crippen molar-refractivity contribution in [2.75, 3.05) is 13.2 Å². The summed E-state index contributed by atoms with van der Waals surface area (Å²) < 4.78 is 20.3. The predicted octanol–water partition coefficient (Wildman–Crippen LogP) is 5.83. The van der Waals surface area contributed by atoms with E-state index in [9.17, 15) is 14.4 Å². The quantitative estimate of drug-likeness (QED) is 0.113. The number of nitrogens with one attached hydrogen (secondary N) is 2. The van der Waals surface area contributed by atoms with Gasteiger partial charge in [-0.25, -0.2) is 4.79 Å². The largest absolute Gasteiger partial charge is 0.455 e. The molecule has 2 aromatic rings. The first kappa shape index (κ1) is 35.1. The molecule has 3 unspecified atom stereocenters. The zero-order valence-electron chi connectivity index (χ0n) is 26.2. The highest BCUT2D eigenvalue weighted by atomic mass is 127. The van der Waals surface area contributed by atoms with E-state index in [0.29, 0.717) is 16.7 Å². The Morgan fingerprint density at radius 1 is 0.956 bits per heavy atom. The number of aliphatic hydroxyl groups is 1. The third-order valence-corrected chi connectivity index (χ3v) is 9.13. The molecule has 0 saturated carbocycles. The molecule has 0 spiro atoms. The number of carbonyl (C=O) groups excluding carboxylic acids is 3. The molecule has 1 saturated heterocycles. The fourth-order valence-corrected chi connectivity index (χ4v) is 6.43. The van der Waals surface area contributed by atoms with Crippen LogP contribution < -0.4 is 10.6 Å². The highest BCUT2D eigenvalue weighted by Gasteiger charge is 2.52. The number of halogens is 1. The molecule has 10 heteroatoms. The number of hydrogen-bond donors (Lipinski definition) is 3. The molecular weight excluding hydrogens is 687 g/mol. The zero-order valence-corrected chi connectivity index (χ0v) is 28.3. The summed E-state index contributed by atoms with van der Waals surface area (Å²) in [7, 11) is 0. The van der Waals surface area contributed by atoms with Crippen LogP contribution in [-0.2, 0) is 25.5 Å². The Kier molecular flexibility index (Phi) is 13.4. The van der Waals surface area contributed by atoms with E-state index < -0.39 is 30.1 Å². The normalized spacial score (nSPS) is 20.2. The van der Waals surface area contributed by atoms with Gasteiger partial charge in [-0.3, -0.25) is 9.59 Å². The van der Waals surface area contributed by atoms with Gasteiger partial charge in [-0.15, -0.1) is 0 Å². The summed E-state index contributed by atoms with van der Waals surface area (Å²) in [6.07, 6.45) is 7.95. The summed E-state index contributed by atoms with van der Waals surface area (Å²) in [5.74, 6) is -1.84. The van der Waals surface area contributed by atoms with Gasteiger partial charge in [-0.2, -0.15) is 0 Å². The smallest absolute Gasteiger partial charge is 0.339 e. The maximum Gasteiger partial charge on any atom is 0.339 e. The summed E-state index contributed by atoms with van der Waals surface area (Å²) >= 11 is 2.12. The van der Waals surface area contributed by atoms with Gasteiger partial charge < -0.3 is 30.0 Å². The molecule has 1 aliphatic carbocycles. The lowest BCUT2D eigenvalue weighted by atomic mass is 9.91. The molecule has 9 nitrogen and oxygen atoms in total. The minimum atomic E-state index is -0.787. The summed E-state index contributed by atoms with van der Waals surface area (Å²) in [5.41, 5.74) is 2.13. The molecule has 244 valence electrons. The molecule has 0 radical (unpaired) electrons. The van der Waals surface area contributed by atoms with E-state index in [1.807, 2.05) is 24.3 Å². The monoisotopic (exact) mass is 732 g/mol. The van der Waals surface area contributed by atoms with Crippen LogP contribution in [-0.4, -0.2) is 60.1 Å². The second-order valence-electron chi connectivity index (χ2n) is 11.7. The van der Waals surface area contributed by atoms with E-state index in [-0.39, 0.29) is 37.9 Å². The van der Waals surface area contributed by atoms with Crippen molar-refractivity contribution in [2.45, 2.75) is 102 Å². The molecule has 2 aliphatic rings. The number of hydrogen-bond acceptors (Lipinski definition) is 7. The summed E-state index contributed by atoms with van der Waals surface area (Å²) in [6, 6.07) is 14.2. The molecule has 4 rings (SSSR count). The van der Waals surface area contributed by atoms with Crippen LogP contribution in [0.25, 0.3) is 0 Å². The van der Waals surface area contributed by atoms with Crippen LogP contribution in [0, 0.1) is 3.57 Å².